The minimum atomic E-state index is -0.205. The van der Waals surface area contributed by atoms with Gasteiger partial charge in [-0.25, -0.2) is 0 Å². The lowest BCUT2D eigenvalue weighted by Gasteiger charge is -2.29. The number of nitrogens with one attached hydrogen (secondary N) is 2. The molecule has 1 aromatic heterocycles. The Morgan fingerprint density at radius 2 is 1.57 bits per heavy atom. The van der Waals surface area contributed by atoms with E-state index in [4.69, 9.17) is 0 Å². The summed E-state index contributed by atoms with van der Waals surface area (Å²) in [6, 6.07) is 22.2. The second-order valence-electron chi connectivity index (χ2n) is 7.37. The zero-order chi connectivity index (χ0) is 18.9. The van der Waals surface area contributed by atoms with Crippen LogP contribution in [0.15, 0.2) is 90.4 Å². The molecule has 4 heteroatoms. The predicted octanol–water partition coefficient (Wildman–Crippen LogP) is 5.06. The van der Waals surface area contributed by atoms with E-state index < -0.39 is 0 Å². The van der Waals surface area contributed by atoms with Crippen LogP contribution in [0.5, 0.6) is 0 Å². The summed E-state index contributed by atoms with van der Waals surface area (Å²) in [5.74, 6) is 0.386. The molecule has 28 heavy (non-hydrogen) atoms. The lowest BCUT2D eigenvalue weighted by Crippen LogP contribution is -2.26. The predicted molar refractivity (Wildman–Crippen MR) is 111 cm³/mol. The monoisotopic (exact) mass is 367 g/mol. The molecular weight excluding hydrogens is 346 g/mol. The average molecular weight is 367 g/mol. The van der Waals surface area contributed by atoms with Crippen molar-refractivity contribution in [2.45, 2.75) is 24.8 Å². The molecule has 2 aromatic carbocycles. The third-order valence-corrected chi connectivity index (χ3v) is 5.60. The molecule has 0 amide bonds. The number of ketones is 1. The fourth-order valence-electron chi connectivity index (χ4n) is 4.25. The number of benzene rings is 2. The van der Waals surface area contributed by atoms with Crippen molar-refractivity contribution in [3.8, 4) is 0 Å². The van der Waals surface area contributed by atoms with Gasteiger partial charge in [-0.15, -0.1) is 0 Å². The van der Waals surface area contributed by atoms with E-state index in [9.17, 15) is 4.79 Å². The highest BCUT2D eigenvalue weighted by atomic mass is 16.1. The van der Waals surface area contributed by atoms with E-state index in [0.29, 0.717) is 6.42 Å². The standard InChI is InChI=1S/C24H21N3O/c28-22-14-18(16-7-2-1-3-8-16)13-21-23(22)24(17-9-6-12-25-15-17)27-20-11-5-4-10-19(20)26-21/h1-12,15,18,24,26-27H,13-14H2/t18-,24+/m0/s1. The first kappa shape index (κ1) is 16.8. The number of aromatic nitrogens is 1. The lowest BCUT2D eigenvalue weighted by molar-refractivity contribution is -0.116. The fourth-order valence-corrected chi connectivity index (χ4v) is 4.25. The van der Waals surface area contributed by atoms with Crippen LogP contribution in [0.25, 0.3) is 0 Å². The molecule has 2 heterocycles. The summed E-state index contributed by atoms with van der Waals surface area (Å²) in [6.07, 6.45) is 4.94. The Morgan fingerprint density at radius 3 is 2.36 bits per heavy atom. The van der Waals surface area contributed by atoms with E-state index in [2.05, 4.69) is 33.8 Å². The van der Waals surface area contributed by atoms with Gasteiger partial charge in [0.15, 0.2) is 5.78 Å². The Bertz CT molecular complexity index is 1040. The van der Waals surface area contributed by atoms with Crippen molar-refractivity contribution in [1.82, 2.24) is 4.98 Å². The Balaban J connectivity index is 1.62. The molecule has 0 saturated heterocycles. The zero-order valence-electron chi connectivity index (χ0n) is 15.4. The molecule has 1 aliphatic heterocycles. The molecule has 3 aromatic rings. The molecule has 138 valence electrons. The van der Waals surface area contributed by atoms with Crippen molar-refractivity contribution in [3.63, 3.8) is 0 Å². The van der Waals surface area contributed by atoms with Gasteiger partial charge in [-0.1, -0.05) is 48.5 Å². The number of carbonyl (C=O) groups is 1. The van der Waals surface area contributed by atoms with Crippen molar-refractivity contribution in [2.75, 3.05) is 10.6 Å². The van der Waals surface area contributed by atoms with Gasteiger partial charge >= 0.3 is 0 Å². The third-order valence-electron chi connectivity index (χ3n) is 5.60. The maximum Gasteiger partial charge on any atom is 0.163 e. The smallest absolute Gasteiger partial charge is 0.163 e. The molecule has 0 unspecified atom stereocenters. The van der Waals surface area contributed by atoms with Crippen molar-refractivity contribution >= 4 is 17.2 Å². The van der Waals surface area contributed by atoms with E-state index in [1.807, 2.05) is 54.7 Å². The first-order chi connectivity index (χ1) is 13.8. The first-order valence-electron chi connectivity index (χ1n) is 9.63. The van der Waals surface area contributed by atoms with Crippen molar-refractivity contribution in [2.24, 2.45) is 0 Å². The number of carbonyl (C=O) groups excluding carboxylic acids is 1. The number of para-hydroxylation sites is 2. The maximum atomic E-state index is 13.3. The molecule has 0 fully saturated rings. The van der Waals surface area contributed by atoms with Crippen LogP contribution in [0.3, 0.4) is 0 Å². The van der Waals surface area contributed by atoms with Crippen molar-refractivity contribution in [3.05, 3.63) is 102 Å². The van der Waals surface area contributed by atoms with Gasteiger partial charge in [-0.05, 0) is 41.7 Å². The van der Waals surface area contributed by atoms with Crippen LogP contribution in [0, 0.1) is 0 Å². The summed E-state index contributed by atoms with van der Waals surface area (Å²) in [4.78, 5) is 17.6. The van der Waals surface area contributed by atoms with E-state index >= 15 is 0 Å². The quantitative estimate of drug-likeness (QED) is 0.665. The SMILES string of the molecule is O=C1C[C@@H](c2ccccc2)CC2=C1[C@@H](c1cccnc1)Nc1ccccc1N2. The molecule has 1 aliphatic carbocycles. The molecule has 2 aliphatic rings. The van der Waals surface area contributed by atoms with Gasteiger partial charge in [-0.2, -0.15) is 0 Å². The number of fused-ring (bicyclic) bond motifs is 1. The van der Waals surface area contributed by atoms with Gasteiger partial charge in [0.2, 0.25) is 0 Å². The molecule has 4 nitrogen and oxygen atoms in total. The summed E-state index contributed by atoms with van der Waals surface area (Å²) >= 11 is 0. The average Bonchev–Trinajstić information content (AvgIpc) is 2.92. The number of hydrogen-bond donors (Lipinski definition) is 2. The molecule has 2 atom stereocenters. The lowest BCUT2D eigenvalue weighted by atomic mass is 9.79. The van der Waals surface area contributed by atoms with Gasteiger partial charge in [-0.3, -0.25) is 9.78 Å². The first-order valence-corrected chi connectivity index (χ1v) is 9.63. The minimum absolute atomic E-state index is 0.191. The second kappa shape index (κ2) is 6.97. The Kier molecular flexibility index (Phi) is 4.17. The Labute approximate surface area is 164 Å². The molecule has 0 saturated carbocycles. The van der Waals surface area contributed by atoms with Crippen LogP contribution in [0.1, 0.15) is 35.9 Å². The van der Waals surface area contributed by atoms with Crippen LogP contribution in [0.4, 0.5) is 11.4 Å². The van der Waals surface area contributed by atoms with Gasteiger partial charge < -0.3 is 10.6 Å². The highest BCUT2D eigenvalue weighted by Gasteiger charge is 2.35. The summed E-state index contributed by atoms with van der Waals surface area (Å²) in [7, 11) is 0. The second-order valence-corrected chi connectivity index (χ2v) is 7.37. The highest BCUT2D eigenvalue weighted by molar-refractivity contribution is 6.01. The zero-order valence-corrected chi connectivity index (χ0v) is 15.4. The molecular formula is C24H21N3O. The Morgan fingerprint density at radius 1 is 0.821 bits per heavy atom. The summed E-state index contributed by atoms with van der Waals surface area (Å²) < 4.78 is 0. The molecule has 0 spiro atoms. The fraction of sp³-hybridized carbons (Fsp3) is 0.167. The number of Topliss-reactive ketones (excluding diaryl/α,β-unsaturated/α-hetero) is 1. The number of anilines is 2. The van der Waals surface area contributed by atoms with Crippen LogP contribution in [0.2, 0.25) is 0 Å². The van der Waals surface area contributed by atoms with Gasteiger partial charge in [0.1, 0.15) is 0 Å². The summed E-state index contributed by atoms with van der Waals surface area (Å²) in [5.41, 5.74) is 6.05. The number of nitrogens with zero attached hydrogens (tertiary/aromatic N) is 1. The summed E-state index contributed by atoms with van der Waals surface area (Å²) in [5, 5.41) is 7.15. The van der Waals surface area contributed by atoms with Crippen molar-refractivity contribution < 1.29 is 4.79 Å². The van der Waals surface area contributed by atoms with Gasteiger partial charge in [0, 0.05) is 30.1 Å². The van der Waals surface area contributed by atoms with Gasteiger partial charge in [0.25, 0.3) is 0 Å². The summed E-state index contributed by atoms with van der Waals surface area (Å²) in [6.45, 7) is 0. The number of pyridine rings is 1. The van der Waals surface area contributed by atoms with Gasteiger partial charge in [0.05, 0.1) is 17.4 Å². The van der Waals surface area contributed by atoms with Crippen LogP contribution >= 0.6 is 0 Å². The van der Waals surface area contributed by atoms with E-state index in [1.54, 1.807) is 6.20 Å². The largest absolute Gasteiger partial charge is 0.372 e. The Hall–Kier alpha value is -3.40. The van der Waals surface area contributed by atoms with Crippen LogP contribution in [-0.4, -0.2) is 10.8 Å². The number of rotatable bonds is 2. The molecule has 0 radical (unpaired) electrons. The number of hydrogen-bond acceptors (Lipinski definition) is 4. The third kappa shape index (κ3) is 2.97. The van der Waals surface area contributed by atoms with Crippen LogP contribution in [-0.2, 0) is 4.79 Å². The highest BCUT2D eigenvalue weighted by Crippen LogP contribution is 2.43. The topological polar surface area (TPSA) is 54.0 Å². The van der Waals surface area contributed by atoms with E-state index in [1.165, 1.54) is 5.56 Å². The molecule has 5 rings (SSSR count). The van der Waals surface area contributed by atoms with E-state index in [-0.39, 0.29) is 17.7 Å². The molecule has 0 bridgehead atoms. The normalized spacial score (nSPS) is 21.1. The molecule has 2 N–H and O–H groups in total. The van der Waals surface area contributed by atoms with Crippen molar-refractivity contribution in [1.29, 1.82) is 0 Å². The number of allylic oxidation sites excluding steroid dienone is 1. The van der Waals surface area contributed by atoms with Crippen LogP contribution < -0.4 is 10.6 Å². The van der Waals surface area contributed by atoms with E-state index in [0.717, 1.165) is 34.6 Å². The minimum Gasteiger partial charge on any atom is -0.372 e. The maximum absolute atomic E-state index is 13.3.